The molecule has 0 amide bonds. The average Bonchev–Trinajstić information content (AvgIpc) is 3.78. The molecule has 49 heavy (non-hydrogen) atoms. The van der Waals surface area contributed by atoms with Gasteiger partial charge in [0.1, 0.15) is 5.65 Å². The summed E-state index contributed by atoms with van der Waals surface area (Å²) in [7, 11) is -6.45. The van der Waals surface area contributed by atoms with Crippen LogP contribution in [0.4, 0.5) is 0 Å². The van der Waals surface area contributed by atoms with Gasteiger partial charge in [-0.1, -0.05) is 133 Å². The number of rotatable bonds is 2. The van der Waals surface area contributed by atoms with Crippen LogP contribution in [0.25, 0.3) is 60.6 Å². The molecule has 0 spiro atoms. The van der Waals surface area contributed by atoms with Gasteiger partial charge in [-0.2, -0.15) is 0 Å². The van der Waals surface area contributed by atoms with Gasteiger partial charge >= 0.3 is 0 Å². The van der Waals surface area contributed by atoms with E-state index in [4.69, 9.17) is 4.98 Å². The lowest BCUT2D eigenvalue weighted by Gasteiger charge is -2.19. The highest BCUT2D eigenvalue weighted by Gasteiger charge is 2.42. The maximum absolute atomic E-state index is 15.8. The summed E-state index contributed by atoms with van der Waals surface area (Å²) in [4.78, 5) is 5.30. The Balaban J connectivity index is 1.27. The highest BCUT2D eigenvalue weighted by atomic mass is 31.2. The number of aromatic nitrogens is 2. The molecule has 0 atom stereocenters. The van der Waals surface area contributed by atoms with E-state index in [2.05, 4.69) is 59.0 Å². The second kappa shape index (κ2) is 9.55. The van der Waals surface area contributed by atoms with Gasteiger partial charge in [0.05, 0.1) is 16.6 Å². The molecule has 4 heterocycles. The van der Waals surface area contributed by atoms with Gasteiger partial charge < -0.3 is 9.13 Å². The lowest BCUT2D eigenvalue weighted by molar-refractivity contribution is 0.592. The van der Waals surface area contributed by atoms with E-state index in [0.717, 1.165) is 92.4 Å². The maximum atomic E-state index is 15.8. The van der Waals surface area contributed by atoms with Crippen molar-refractivity contribution in [2.75, 3.05) is 0 Å². The van der Waals surface area contributed by atoms with E-state index in [-0.39, 0.29) is 0 Å². The normalized spacial score (nSPS) is 15.0. The molecule has 2 aliphatic rings. The highest BCUT2D eigenvalue weighted by molar-refractivity contribution is 7.87. The van der Waals surface area contributed by atoms with Crippen molar-refractivity contribution in [1.82, 2.24) is 9.38 Å². The van der Waals surface area contributed by atoms with Crippen LogP contribution in [-0.4, -0.2) is 9.38 Å². The van der Waals surface area contributed by atoms with E-state index >= 15 is 9.13 Å². The Labute approximate surface area is 282 Å². The van der Waals surface area contributed by atoms with Crippen molar-refractivity contribution >= 4 is 84.5 Å². The predicted molar refractivity (Wildman–Crippen MR) is 204 cm³/mol. The van der Waals surface area contributed by atoms with Gasteiger partial charge in [0.15, 0.2) is 14.3 Å². The number of pyridine rings is 1. The molecule has 0 aliphatic carbocycles. The van der Waals surface area contributed by atoms with Gasteiger partial charge in [-0.15, -0.1) is 0 Å². The number of hydrogen-bond acceptors (Lipinski definition) is 3. The Morgan fingerprint density at radius 2 is 0.939 bits per heavy atom. The predicted octanol–water partition coefficient (Wildman–Crippen LogP) is 8.03. The Hall–Kier alpha value is -5.53. The van der Waals surface area contributed by atoms with Crippen molar-refractivity contribution < 1.29 is 9.13 Å². The summed E-state index contributed by atoms with van der Waals surface area (Å²) in [5, 5.41) is 8.06. The number of hydrogen-bond donors (Lipinski definition) is 0. The fourth-order valence-corrected chi connectivity index (χ4v) is 14.8. The van der Waals surface area contributed by atoms with Crippen LogP contribution >= 0.6 is 14.3 Å². The highest BCUT2D eigenvalue weighted by Crippen LogP contribution is 2.54. The Bertz CT molecular complexity index is 2930. The molecule has 11 rings (SSSR count). The molecule has 0 saturated heterocycles. The third kappa shape index (κ3) is 3.33. The van der Waals surface area contributed by atoms with Crippen molar-refractivity contribution in [2.45, 2.75) is 0 Å². The molecule has 230 valence electrons. The first-order valence-electron chi connectivity index (χ1n) is 16.4. The zero-order valence-corrected chi connectivity index (χ0v) is 27.9. The van der Waals surface area contributed by atoms with Crippen molar-refractivity contribution in [3.8, 4) is 22.3 Å². The number of benzene rings is 7. The first-order valence-corrected chi connectivity index (χ1v) is 19.9. The second-order valence-corrected chi connectivity index (χ2v) is 18.3. The molecule has 0 fully saturated rings. The van der Waals surface area contributed by atoms with Gasteiger partial charge in [0, 0.05) is 42.6 Å². The van der Waals surface area contributed by atoms with Crippen LogP contribution < -0.4 is 31.8 Å². The molecule has 0 saturated carbocycles. The van der Waals surface area contributed by atoms with Crippen molar-refractivity contribution in [3.63, 3.8) is 0 Å². The van der Waals surface area contributed by atoms with Crippen molar-refractivity contribution in [3.05, 3.63) is 158 Å². The molecule has 4 nitrogen and oxygen atoms in total. The summed E-state index contributed by atoms with van der Waals surface area (Å²) < 4.78 is 33.6. The van der Waals surface area contributed by atoms with Crippen LogP contribution in [-0.2, 0) is 9.13 Å². The molecule has 2 aromatic heterocycles. The molecule has 0 bridgehead atoms. The van der Waals surface area contributed by atoms with Crippen LogP contribution in [0.3, 0.4) is 0 Å². The summed E-state index contributed by atoms with van der Waals surface area (Å²) in [6.07, 6.45) is 0. The van der Waals surface area contributed by atoms with Gasteiger partial charge in [-0.25, -0.2) is 4.98 Å². The summed E-state index contributed by atoms with van der Waals surface area (Å²) in [5.41, 5.74) is 7.48. The molecule has 0 radical (unpaired) electrons. The van der Waals surface area contributed by atoms with Crippen LogP contribution in [0.15, 0.2) is 158 Å². The SMILES string of the molecule is O=P1(c2ccc3c4ccccc4n4c(nc5cccc(P6(=O)c7ccccc7-c7ccccc76)c54)c3c2)c2ccccc2-c2ccccc21. The summed E-state index contributed by atoms with van der Waals surface area (Å²) in [6, 6.07) is 53.0. The lowest BCUT2D eigenvalue weighted by Crippen LogP contribution is -2.22. The monoisotopic (exact) mass is 664 g/mol. The Morgan fingerprint density at radius 1 is 0.429 bits per heavy atom. The molecule has 7 aromatic carbocycles. The van der Waals surface area contributed by atoms with Gasteiger partial charge in [-0.3, -0.25) is 4.40 Å². The molecule has 9 aromatic rings. The van der Waals surface area contributed by atoms with Crippen LogP contribution in [0, 0.1) is 0 Å². The number of fused-ring (bicyclic) bond motifs is 14. The smallest absolute Gasteiger partial charge is 0.174 e. The van der Waals surface area contributed by atoms with Gasteiger partial charge in [-0.05, 0) is 51.9 Å². The van der Waals surface area contributed by atoms with Crippen LogP contribution in [0.2, 0.25) is 0 Å². The minimum Gasteiger partial charge on any atom is -0.309 e. The summed E-state index contributed by atoms with van der Waals surface area (Å²) >= 11 is 0. The summed E-state index contributed by atoms with van der Waals surface area (Å²) in [6.45, 7) is 0. The summed E-state index contributed by atoms with van der Waals surface area (Å²) in [5.74, 6) is 0. The van der Waals surface area contributed by atoms with E-state index in [0.29, 0.717) is 0 Å². The average molecular weight is 665 g/mol. The first kappa shape index (κ1) is 27.4. The Kier molecular flexibility index (Phi) is 5.34. The van der Waals surface area contributed by atoms with E-state index in [1.807, 2.05) is 103 Å². The number of para-hydroxylation sites is 2. The zero-order valence-electron chi connectivity index (χ0n) is 26.1. The standard InChI is InChI=1S/C43H26N2O2P2/c46-48(37-19-7-2-13-30(37)31-14-3-8-20-38(31)48)27-24-25-28-29-12-1-6-18-36(29)45-42-35(44-43(45)34(28)26-27)17-11-23-41(42)49(47)39-21-9-4-15-32(39)33-16-5-10-22-40(33)49/h1-26H. The van der Waals surface area contributed by atoms with Crippen LogP contribution in [0.5, 0.6) is 0 Å². The third-order valence-electron chi connectivity index (χ3n) is 10.6. The van der Waals surface area contributed by atoms with E-state index in [1.165, 1.54) is 0 Å². The topological polar surface area (TPSA) is 51.4 Å². The number of nitrogens with zero attached hydrogens (tertiary/aromatic N) is 2. The third-order valence-corrected chi connectivity index (χ3v) is 16.9. The maximum Gasteiger partial charge on any atom is 0.174 e. The molecule has 0 unspecified atom stereocenters. The van der Waals surface area contributed by atoms with Crippen molar-refractivity contribution in [1.29, 1.82) is 0 Å². The van der Waals surface area contributed by atoms with Gasteiger partial charge in [0.2, 0.25) is 0 Å². The molecular formula is C43H26N2O2P2. The fraction of sp³-hybridized carbons (Fsp3) is 0. The van der Waals surface area contributed by atoms with E-state index in [1.54, 1.807) is 0 Å². The van der Waals surface area contributed by atoms with E-state index in [9.17, 15) is 0 Å². The number of imidazole rings is 1. The van der Waals surface area contributed by atoms with E-state index < -0.39 is 14.3 Å². The quantitative estimate of drug-likeness (QED) is 0.139. The zero-order chi connectivity index (χ0) is 32.5. The molecule has 2 aliphatic heterocycles. The largest absolute Gasteiger partial charge is 0.309 e. The first-order chi connectivity index (χ1) is 24.1. The molecule has 6 heteroatoms. The lowest BCUT2D eigenvalue weighted by atomic mass is 10.1. The van der Waals surface area contributed by atoms with Crippen molar-refractivity contribution in [2.24, 2.45) is 0 Å². The molecule has 0 N–H and O–H groups in total. The minimum atomic E-state index is -3.27. The van der Waals surface area contributed by atoms with Crippen LogP contribution in [0.1, 0.15) is 0 Å². The second-order valence-electron chi connectivity index (χ2n) is 12.9. The molecular weight excluding hydrogens is 638 g/mol. The van der Waals surface area contributed by atoms with Gasteiger partial charge in [0.25, 0.3) is 0 Å². The Morgan fingerprint density at radius 3 is 1.55 bits per heavy atom. The minimum absolute atomic E-state index is 0.762. The fourth-order valence-electron chi connectivity index (χ4n) is 8.52.